The molecule has 0 bridgehead atoms. The van der Waals surface area contributed by atoms with Crippen LogP contribution in [0.3, 0.4) is 0 Å². The minimum absolute atomic E-state index is 0.0796. The van der Waals surface area contributed by atoms with Gasteiger partial charge in [0, 0.05) is 6.54 Å². The maximum atomic E-state index is 11.2. The second kappa shape index (κ2) is 5.30. The second-order valence-corrected chi connectivity index (χ2v) is 3.80. The molecule has 0 aliphatic heterocycles. The fourth-order valence-corrected chi connectivity index (χ4v) is 1.71. The molecule has 1 heterocycles. The number of aromatic carboxylic acids is 1. The lowest BCUT2D eigenvalue weighted by Gasteiger charge is -2.09. The van der Waals surface area contributed by atoms with Crippen LogP contribution >= 0.6 is 0 Å². The number of carboxylic acids is 2. The Morgan fingerprint density at radius 2 is 2.00 bits per heavy atom. The number of anilines is 1. The molecule has 19 heavy (non-hydrogen) atoms. The molecule has 7 heteroatoms. The van der Waals surface area contributed by atoms with Crippen LogP contribution in [0.15, 0.2) is 24.5 Å². The Bertz CT molecular complexity index is 637. The second-order valence-electron chi connectivity index (χ2n) is 3.80. The fraction of sp³-hybridized carbons (Fsp3) is 0.167. The van der Waals surface area contributed by atoms with E-state index in [0.29, 0.717) is 16.7 Å². The van der Waals surface area contributed by atoms with Crippen molar-refractivity contribution < 1.29 is 19.8 Å². The number of hydrogen-bond donors (Lipinski definition) is 3. The average Bonchev–Trinajstić information content (AvgIpc) is 2.37. The van der Waals surface area contributed by atoms with Gasteiger partial charge in [-0.1, -0.05) is 6.07 Å². The van der Waals surface area contributed by atoms with Gasteiger partial charge in [-0.15, -0.1) is 0 Å². The zero-order valence-electron chi connectivity index (χ0n) is 9.83. The number of aromatic nitrogens is 2. The van der Waals surface area contributed by atoms with E-state index in [1.165, 1.54) is 12.4 Å². The van der Waals surface area contributed by atoms with Crippen LogP contribution in [0.5, 0.6) is 0 Å². The molecule has 0 unspecified atom stereocenters. The molecule has 98 valence electrons. The first-order chi connectivity index (χ1) is 9.09. The van der Waals surface area contributed by atoms with Gasteiger partial charge in [-0.05, 0) is 12.1 Å². The number of rotatable bonds is 5. The van der Waals surface area contributed by atoms with Gasteiger partial charge in [-0.3, -0.25) is 4.79 Å². The van der Waals surface area contributed by atoms with Crippen molar-refractivity contribution in [1.82, 2.24) is 9.97 Å². The lowest BCUT2D eigenvalue weighted by atomic mass is 10.1. The van der Waals surface area contributed by atoms with Crippen molar-refractivity contribution in [3.05, 3.63) is 30.1 Å². The summed E-state index contributed by atoms with van der Waals surface area (Å²) in [6.45, 7) is 0.162. The molecular formula is C12H11N3O4. The molecule has 0 radical (unpaired) electrons. The molecule has 0 aliphatic carbocycles. The summed E-state index contributed by atoms with van der Waals surface area (Å²) in [6, 6.07) is 4.72. The van der Waals surface area contributed by atoms with Gasteiger partial charge in [0.1, 0.15) is 12.1 Å². The van der Waals surface area contributed by atoms with Gasteiger partial charge in [0.25, 0.3) is 0 Å². The summed E-state index contributed by atoms with van der Waals surface area (Å²) in [5.74, 6) is -1.70. The molecule has 0 fully saturated rings. The Labute approximate surface area is 107 Å². The topological polar surface area (TPSA) is 112 Å². The van der Waals surface area contributed by atoms with Crippen LogP contribution in [-0.4, -0.2) is 38.7 Å². The van der Waals surface area contributed by atoms with Crippen LogP contribution in [0.1, 0.15) is 16.8 Å². The third-order valence-electron chi connectivity index (χ3n) is 2.52. The SMILES string of the molecule is O=C(O)CCNc1ncnc2cccc(C(=O)O)c12. The van der Waals surface area contributed by atoms with E-state index in [9.17, 15) is 9.59 Å². The predicted octanol–water partition coefficient (Wildman–Crippen LogP) is 1.21. The number of fused-ring (bicyclic) bond motifs is 1. The van der Waals surface area contributed by atoms with Crippen molar-refractivity contribution in [2.24, 2.45) is 0 Å². The van der Waals surface area contributed by atoms with Gasteiger partial charge in [-0.25, -0.2) is 14.8 Å². The minimum atomic E-state index is -1.08. The van der Waals surface area contributed by atoms with E-state index in [0.717, 1.165) is 0 Å². The van der Waals surface area contributed by atoms with Crippen molar-refractivity contribution in [1.29, 1.82) is 0 Å². The first-order valence-electron chi connectivity index (χ1n) is 5.52. The maximum absolute atomic E-state index is 11.2. The Kier molecular flexibility index (Phi) is 3.56. The van der Waals surface area contributed by atoms with E-state index in [-0.39, 0.29) is 18.5 Å². The normalized spacial score (nSPS) is 10.3. The largest absolute Gasteiger partial charge is 0.481 e. The Balaban J connectivity index is 2.42. The van der Waals surface area contributed by atoms with Gasteiger partial charge >= 0.3 is 11.9 Å². The molecule has 2 rings (SSSR count). The summed E-state index contributed by atoms with van der Waals surface area (Å²) in [5, 5.41) is 20.9. The van der Waals surface area contributed by atoms with Gasteiger partial charge in [-0.2, -0.15) is 0 Å². The van der Waals surface area contributed by atoms with Gasteiger partial charge in [0.2, 0.25) is 0 Å². The van der Waals surface area contributed by atoms with E-state index in [2.05, 4.69) is 15.3 Å². The highest BCUT2D eigenvalue weighted by Crippen LogP contribution is 2.23. The van der Waals surface area contributed by atoms with Crippen LogP contribution in [0.25, 0.3) is 10.9 Å². The molecule has 3 N–H and O–H groups in total. The van der Waals surface area contributed by atoms with Crippen molar-refractivity contribution in [2.45, 2.75) is 6.42 Å². The average molecular weight is 261 g/mol. The zero-order chi connectivity index (χ0) is 13.8. The van der Waals surface area contributed by atoms with E-state index in [1.807, 2.05) is 0 Å². The Morgan fingerprint density at radius 1 is 1.21 bits per heavy atom. The van der Waals surface area contributed by atoms with Crippen molar-refractivity contribution in [3.63, 3.8) is 0 Å². The molecule has 0 aliphatic rings. The first kappa shape index (κ1) is 12.7. The highest BCUT2D eigenvalue weighted by Gasteiger charge is 2.13. The van der Waals surface area contributed by atoms with E-state index in [4.69, 9.17) is 10.2 Å². The van der Waals surface area contributed by atoms with Crippen molar-refractivity contribution in [2.75, 3.05) is 11.9 Å². The molecule has 1 aromatic heterocycles. The number of nitrogens with zero attached hydrogens (tertiary/aromatic N) is 2. The molecular weight excluding hydrogens is 250 g/mol. The highest BCUT2D eigenvalue weighted by molar-refractivity contribution is 6.06. The number of carboxylic acid groups (broad SMARTS) is 2. The molecule has 2 aromatic rings. The summed E-state index contributed by atoms with van der Waals surface area (Å²) in [7, 11) is 0. The van der Waals surface area contributed by atoms with E-state index in [1.54, 1.807) is 12.1 Å². The Morgan fingerprint density at radius 3 is 2.68 bits per heavy atom. The number of hydrogen-bond acceptors (Lipinski definition) is 5. The lowest BCUT2D eigenvalue weighted by molar-refractivity contribution is -0.136. The van der Waals surface area contributed by atoms with Crippen LogP contribution in [-0.2, 0) is 4.79 Å². The fourth-order valence-electron chi connectivity index (χ4n) is 1.71. The molecule has 0 atom stereocenters. The molecule has 0 spiro atoms. The van der Waals surface area contributed by atoms with Gasteiger partial charge < -0.3 is 15.5 Å². The third kappa shape index (κ3) is 2.76. The van der Waals surface area contributed by atoms with Crippen molar-refractivity contribution >= 4 is 28.7 Å². The van der Waals surface area contributed by atoms with Gasteiger partial charge in [0.05, 0.1) is 22.9 Å². The van der Waals surface area contributed by atoms with Crippen LogP contribution in [0, 0.1) is 0 Å². The number of benzene rings is 1. The predicted molar refractivity (Wildman–Crippen MR) is 67.2 cm³/mol. The standard InChI is InChI=1S/C12H11N3O4/c16-9(17)4-5-13-11-10-7(12(18)19)2-1-3-8(10)14-6-15-11/h1-3,6H,4-5H2,(H,16,17)(H,18,19)(H,13,14,15). The summed E-state index contributed by atoms with van der Waals surface area (Å²) in [5.41, 5.74) is 0.573. The molecule has 7 nitrogen and oxygen atoms in total. The minimum Gasteiger partial charge on any atom is -0.481 e. The van der Waals surface area contributed by atoms with Crippen molar-refractivity contribution in [3.8, 4) is 0 Å². The first-order valence-corrected chi connectivity index (χ1v) is 5.52. The third-order valence-corrected chi connectivity index (χ3v) is 2.52. The van der Waals surface area contributed by atoms with Crippen LogP contribution < -0.4 is 5.32 Å². The zero-order valence-corrected chi connectivity index (χ0v) is 9.83. The number of nitrogens with one attached hydrogen (secondary N) is 1. The molecule has 0 saturated carbocycles. The molecule has 0 saturated heterocycles. The number of carbonyl (C=O) groups is 2. The monoisotopic (exact) mass is 261 g/mol. The van der Waals surface area contributed by atoms with Crippen LogP contribution in [0.4, 0.5) is 5.82 Å². The van der Waals surface area contributed by atoms with Gasteiger partial charge in [0.15, 0.2) is 0 Å². The molecule has 1 aromatic carbocycles. The molecule has 0 amide bonds. The lowest BCUT2D eigenvalue weighted by Crippen LogP contribution is -2.10. The summed E-state index contributed by atoms with van der Waals surface area (Å²) < 4.78 is 0. The number of aliphatic carboxylic acids is 1. The quantitative estimate of drug-likeness (QED) is 0.741. The summed E-state index contributed by atoms with van der Waals surface area (Å²) in [6.07, 6.45) is 1.22. The maximum Gasteiger partial charge on any atom is 0.336 e. The smallest absolute Gasteiger partial charge is 0.336 e. The Hall–Kier alpha value is -2.70. The highest BCUT2D eigenvalue weighted by atomic mass is 16.4. The van der Waals surface area contributed by atoms with E-state index >= 15 is 0 Å². The summed E-state index contributed by atoms with van der Waals surface area (Å²) in [4.78, 5) is 29.6. The van der Waals surface area contributed by atoms with E-state index < -0.39 is 11.9 Å². The summed E-state index contributed by atoms with van der Waals surface area (Å²) >= 11 is 0. The van der Waals surface area contributed by atoms with Crippen LogP contribution in [0.2, 0.25) is 0 Å².